The third-order valence-electron chi connectivity index (χ3n) is 4.20. The van der Waals surface area contributed by atoms with Crippen LogP contribution in [0.25, 0.3) is 5.69 Å². The van der Waals surface area contributed by atoms with Crippen LogP contribution in [0.15, 0.2) is 61.2 Å². The van der Waals surface area contributed by atoms with E-state index in [2.05, 4.69) is 21.7 Å². The van der Waals surface area contributed by atoms with Gasteiger partial charge in [-0.15, -0.1) is 0 Å². The molecule has 0 saturated carbocycles. The van der Waals surface area contributed by atoms with Gasteiger partial charge in [0.25, 0.3) is 0 Å². The maximum Gasteiger partial charge on any atom is 0.238 e. The topological polar surface area (TPSA) is 59.0 Å². The van der Waals surface area contributed by atoms with Gasteiger partial charge in [-0.25, -0.2) is 4.98 Å². The lowest BCUT2D eigenvalue weighted by molar-refractivity contribution is -0.115. The van der Waals surface area contributed by atoms with Crippen LogP contribution in [-0.2, 0) is 4.79 Å². The van der Waals surface area contributed by atoms with Crippen LogP contribution in [0.4, 0.5) is 5.69 Å². The molecule has 0 radical (unpaired) electrons. The SMILES string of the molecule is Cc1ccc(NC(=O)CN[C@@H](C)c2cccc(-n3ccnc3)c2)cc1Cl. The highest BCUT2D eigenvalue weighted by molar-refractivity contribution is 6.31. The molecule has 0 unspecified atom stereocenters. The van der Waals surface area contributed by atoms with Gasteiger partial charge in [-0.1, -0.05) is 29.8 Å². The van der Waals surface area contributed by atoms with Gasteiger partial charge in [-0.3, -0.25) is 4.79 Å². The zero-order valence-electron chi connectivity index (χ0n) is 14.7. The monoisotopic (exact) mass is 368 g/mol. The number of hydrogen-bond acceptors (Lipinski definition) is 3. The Morgan fingerprint density at radius 2 is 2.12 bits per heavy atom. The Morgan fingerprint density at radius 1 is 1.27 bits per heavy atom. The first kappa shape index (κ1) is 18.2. The molecule has 0 bridgehead atoms. The second kappa shape index (κ2) is 8.17. The largest absolute Gasteiger partial charge is 0.325 e. The first-order valence-electron chi connectivity index (χ1n) is 8.40. The van der Waals surface area contributed by atoms with E-state index in [0.29, 0.717) is 10.7 Å². The molecule has 2 N–H and O–H groups in total. The molecule has 0 aliphatic rings. The van der Waals surface area contributed by atoms with Crippen LogP contribution >= 0.6 is 11.6 Å². The molecule has 0 spiro atoms. The average Bonchev–Trinajstić information content (AvgIpc) is 3.18. The number of halogens is 1. The molecule has 0 saturated heterocycles. The Hall–Kier alpha value is -2.63. The summed E-state index contributed by atoms with van der Waals surface area (Å²) in [6.45, 7) is 4.17. The van der Waals surface area contributed by atoms with Crippen LogP contribution < -0.4 is 10.6 Å². The van der Waals surface area contributed by atoms with Crippen molar-refractivity contribution in [2.75, 3.05) is 11.9 Å². The lowest BCUT2D eigenvalue weighted by Crippen LogP contribution is -2.30. The van der Waals surface area contributed by atoms with E-state index in [0.717, 1.165) is 16.8 Å². The van der Waals surface area contributed by atoms with E-state index in [9.17, 15) is 4.79 Å². The zero-order valence-corrected chi connectivity index (χ0v) is 15.5. The molecule has 1 heterocycles. The minimum absolute atomic E-state index is 0.0332. The van der Waals surface area contributed by atoms with Crippen molar-refractivity contribution in [1.29, 1.82) is 0 Å². The summed E-state index contributed by atoms with van der Waals surface area (Å²) < 4.78 is 1.95. The fourth-order valence-electron chi connectivity index (χ4n) is 2.61. The lowest BCUT2D eigenvalue weighted by Gasteiger charge is -2.15. The van der Waals surface area contributed by atoms with E-state index < -0.39 is 0 Å². The molecule has 134 valence electrons. The minimum Gasteiger partial charge on any atom is -0.325 e. The molecule has 0 aliphatic carbocycles. The third kappa shape index (κ3) is 4.50. The van der Waals surface area contributed by atoms with E-state index in [1.165, 1.54) is 0 Å². The van der Waals surface area contributed by atoms with Gasteiger partial charge >= 0.3 is 0 Å². The number of carbonyl (C=O) groups excluding carboxylic acids is 1. The third-order valence-corrected chi connectivity index (χ3v) is 4.60. The van der Waals surface area contributed by atoms with Gasteiger partial charge in [0, 0.05) is 34.8 Å². The molecule has 1 aromatic heterocycles. The summed E-state index contributed by atoms with van der Waals surface area (Å²) in [5.41, 5.74) is 3.81. The van der Waals surface area contributed by atoms with Crippen LogP contribution in [0.2, 0.25) is 5.02 Å². The van der Waals surface area contributed by atoms with Gasteiger partial charge < -0.3 is 15.2 Å². The van der Waals surface area contributed by atoms with E-state index in [4.69, 9.17) is 11.6 Å². The molecule has 3 rings (SSSR count). The summed E-state index contributed by atoms with van der Waals surface area (Å²) in [6.07, 6.45) is 5.41. The second-order valence-electron chi connectivity index (χ2n) is 6.18. The van der Waals surface area contributed by atoms with Crippen molar-refractivity contribution in [3.63, 3.8) is 0 Å². The van der Waals surface area contributed by atoms with E-state index in [1.54, 1.807) is 18.6 Å². The van der Waals surface area contributed by atoms with E-state index in [1.807, 2.05) is 54.9 Å². The van der Waals surface area contributed by atoms with Crippen molar-refractivity contribution in [1.82, 2.24) is 14.9 Å². The average molecular weight is 369 g/mol. The number of rotatable bonds is 6. The maximum absolute atomic E-state index is 12.2. The molecule has 5 nitrogen and oxygen atoms in total. The summed E-state index contributed by atoms with van der Waals surface area (Å²) in [4.78, 5) is 16.2. The van der Waals surface area contributed by atoms with Gasteiger partial charge in [0.1, 0.15) is 0 Å². The van der Waals surface area contributed by atoms with Crippen LogP contribution in [-0.4, -0.2) is 22.0 Å². The summed E-state index contributed by atoms with van der Waals surface area (Å²) >= 11 is 6.09. The zero-order chi connectivity index (χ0) is 18.5. The number of imidazole rings is 1. The molecular weight excluding hydrogens is 348 g/mol. The fourth-order valence-corrected chi connectivity index (χ4v) is 2.79. The van der Waals surface area contributed by atoms with Crippen LogP contribution in [0, 0.1) is 6.92 Å². The predicted molar refractivity (Wildman–Crippen MR) is 105 cm³/mol. The lowest BCUT2D eigenvalue weighted by atomic mass is 10.1. The fraction of sp³-hybridized carbons (Fsp3) is 0.200. The highest BCUT2D eigenvalue weighted by atomic mass is 35.5. The molecular formula is C20H21ClN4O. The van der Waals surface area contributed by atoms with Gasteiger partial charge in [0.05, 0.1) is 12.9 Å². The predicted octanol–water partition coefficient (Wildman–Crippen LogP) is 4.12. The number of amides is 1. The summed E-state index contributed by atoms with van der Waals surface area (Å²) in [5, 5.41) is 6.74. The number of nitrogens with one attached hydrogen (secondary N) is 2. The standard InChI is InChI=1S/C20H21ClN4O/c1-14-6-7-17(11-19(14)21)24-20(26)12-23-15(2)16-4-3-5-18(10-16)25-9-8-22-13-25/h3-11,13,15,23H,12H2,1-2H3,(H,24,26)/t15-/m0/s1. The number of hydrogen-bond donors (Lipinski definition) is 2. The summed E-state index contributed by atoms with van der Waals surface area (Å²) in [5.74, 6) is -0.109. The Labute approximate surface area is 158 Å². The van der Waals surface area contributed by atoms with Crippen molar-refractivity contribution < 1.29 is 4.79 Å². The number of benzene rings is 2. The maximum atomic E-state index is 12.2. The molecule has 6 heteroatoms. The first-order chi connectivity index (χ1) is 12.5. The number of aromatic nitrogens is 2. The molecule has 2 aromatic carbocycles. The molecule has 0 aliphatic heterocycles. The summed E-state index contributed by atoms with van der Waals surface area (Å²) in [7, 11) is 0. The molecule has 1 amide bonds. The summed E-state index contributed by atoms with van der Waals surface area (Å²) in [6, 6.07) is 13.7. The minimum atomic E-state index is -0.109. The van der Waals surface area contributed by atoms with Crippen molar-refractivity contribution >= 4 is 23.2 Å². The van der Waals surface area contributed by atoms with Crippen LogP contribution in [0.1, 0.15) is 24.1 Å². The Bertz CT molecular complexity index is 893. The van der Waals surface area contributed by atoms with E-state index >= 15 is 0 Å². The first-order valence-corrected chi connectivity index (χ1v) is 8.78. The van der Waals surface area contributed by atoms with E-state index in [-0.39, 0.29) is 18.5 Å². The molecule has 0 fully saturated rings. The van der Waals surface area contributed by atoms with Crippen molar-refractivity contribution in [2.24, 2.45) is 0 Å². The second-order valence-corrected chi connectivity index (χ2v) is 6.59. The van der Waals surface area contributed by atoms with Crippen molar-refractivity contribution in [3.8, 4) is 5.69 Å². The van der Waals surface area contributed by atoms with Gasteiger partial charge in [-0.2, -0.15) is 0 Å². The van der Waals surface area contributed by atoms with Crippen LogP contribution in [0.3, 0.4) is 0 Å². The number of nitrogens with zero attached hydrogens (tertiary/aromatic N) is 2. The Balaban J connectivity index is 1.58. The van der Waals surface area contributed by atoms with Crippen molar-refractivity contribution in [2.45, 2.75) is 19.9 Å². The van der Waals surface area contributed by atoms with Gasteiger partial charge in [0.2, 0.25) is 5.91 Å². The normalized spacial score (nSPS) is 12.0. The number of aryl methyl sites for hydroxylation is 1. The van der Waals surface area contributed by atoms with Gasteiger partial charge in [-0.05, 0) is 49.2 Å². The quantitative estimate of drug-likeness (QED) is 0.688. The van der Waals surface area contributed by atoms with Crippen LogP contribution in [0.5, 0.6) is 0 Å². The molecule has 26 heavy (non-hydrogen) atoms. The molecule has 1 atom stereocenters. The number of anilines is 1. The highest BCUT2D eigenvalue weighted by Crippen LogP contribution is 2.20. The molecule has 3 aromatic rings. The Kier molecular flexibility index (Phi) is 5.71. The number of carbonyl (C=O) groups is 1. The van der Waals surface area contributed by atoms with Gasteiger partial charge in [0.15, 0.2) is 0 Å². The smallest absolute Gasteiger partial charge is 0.238 e. The van der Waals surface area contributed by atoms with Crippen molar-refractivity contribution in [3.05, 3.63) is 77.3 Å². The Morgan fingerprint density at radius 3 is 2.85 bits per heavy atom. The highest BCUT2D eigenvalue weighted by Gasteiger charge is 2.09.